The summed E-state index contributed by atoms with van der Waals surface area (Å²) in [7, 11) is -4.15. The Morgan fingerprint density at radius 2 is 1.17 bits per heavy atom. The number of unbranched alkanes of at least 4 members (excludes halogenated alkanes) is 9. The monoisotopic (exact) mass is 388 g/mol. The standard InChI is InChI=1S/C18H38O4S.K/c1-3-4-5-6-7-8-9-10-11-15-18(19)16-13-12-14-17(2)23(20,21)22;/h17-19H,3-16H2,1-2H3,(H,20,21,22);/q;+1/p-1. The summed E-state index contributed by atoms with van der Waals surface area (Å²) in [5.74, 6) is 0. The van der Waals surface area contributed by atoms with Gasteiger partial charge in [-0.3, -0.25) is 0 Å². The Hall–Kier alpha value is 1.51. The van der Waals surface area contributed by atoms with Crippen LogP contribution in [0, 0.1) is 0 Å². The number of rotatable bonds is 16. The molecule has 0 heterocycles. The molecule has 0 aliphatic carbocycles. The number of hydrogen-bond donors (Lipinski definition) is 1. The molecule has 0 fully saturated rings. The van der Waals surface area contributed by atoms with Crippen LogP contribution in [-0.4, -0.2) is 29.4 Å². The molecule has 2 atom stereocenters. The molecule has 0 saturated carbocycles. The van der Waals surface area contributed by atoms with Crippen LogP contribution in [0.15, 0.2) is 0 Å². The van der Waals surface area contributed by atoms with E-state index in [0.29, 0.717) is 19.3 Å². The summed E-state index contributed by atoms with van der Waals surface area (Å²) in [6.45, 7) is 3.69. The van der Waals surface area contributed by atoms with Crippen molar-refractivity contribution >= 4 is 10.1 Å². The molecular formula is C18H37KO4S. The van der Waals surface area contributed by atoms with Gasteiger partial charge in [-0.05, 0) is 26.2 Å². The van der Waals surface area contributed by atoms with Crippen molar-refractivity contribution in [2.45, 2.75) is 115 Å². The molecule has 2 unspecified atom stereocenters. The van der Waals surface area contributed by atoms with Gasteiger partial charge in [0.15, 0.2) is 0 Å². The molecule has 6 heteroatoms. The second kappa shape index (κ2) is 17.9. The summed E-state index contributed by atoms with van der Waals surface area (Å²) in [4.78, 5) is 0. The molecule has 0 saturated heterocycles. The van der Waals surface area contributed by atoms with Gasteiger partial charge in [-0.15, -0.1) is 0 Å². The minimum atomic E-state index is -4.15. The van der Waals surface area contributed by atoms with E-state index >= 15 is 0 Å². The second-order valence-corrected chi connectivity index (χ2v) is 8.65. The van der Waals surface area contributed by atoms with Crippen LogP contribution < -0.4 is 51.4 Å². The first-order valence-electron chi connectivity index (χ1n) is 9.50. The summed E-state index contributed by atoms with van der Waals surface area (Å²) in [5.41, 5.74) is 0. The van der Waals surface area contributed by atoms with E-state index < -0.39 is 15.4 Å². The van der Waals surface area contributed by atoms with Crippen molar-refractivity contribution in [1.82, 2.24) is 0 Å². The summed E-state index contributed by atoms with van der Waals surface area (Å²) in [5, 5.41) is 9.09. The molecule has 0 aliphatic rings. The maximum Gasteiger partial charge on any atom is 1.00 e. The minimum Gasteiger partial charge on any atom is -0.748 e. The van der Waals surface area contributed by atoms with Crippen LogP contribution >= 0.6 is 0 Å². The van der Waals surface area contributed by atoms with E-state index in [2.05, 4.69) is 6.92 Å². The van der Waals surface area contributed by atoms with Crippen molar-refractivity contribution < 1.29 is 69.5 Å². The maximum atomic E-state index is 10.8. The molecule has 0 radical (unpaired) electrons. The molecule has 0 rings (SSSR count). The Balaban J connectivity index is 0. The summed E-state index contributed by atoms with van der Waals surface area (Å²) in [6.07, 6.45) is 14.7. The van der Waals surface area contributed by atoms with Gasteiger partial charge in [0.1, 0.15) is 0 Å². The van der Waals surface area contributed by atoms with Gasteiger partial charge in [0.05, 0.1) is 16.2 Å². The molecule has 140 valence electrons. The van der Waals surface area contributed by atoms with Crippen LogP contribution in [0.5, 0.6) is 0 Å². The predicted octanol–water partition coefficient (Wildman–Crippen LogP) is 1.77. The first-order valence-corrected chi connectivity index (χ1v) is 11.0. The Labute approximate surface area is 192 Å². The van der Waals surface area contributed by atoms with Gasteiger partial charge in [0.2, 0.25) is 0 Å². The quantitative estimate of drug-likeness (QED) is 0.248. The zero-order valence-electron chi connectivity index (χ0n) is 16.1. The second-order valence-electron chi connectivity index (χ2n) is 6.86. The number of aliphatic hydroxyl groups is 1. The smallest absolute Gasteiger partial charge is 0.748 e. The van der Waals surface area contributed by atoms with Crippen LogP contribution in [0.1, 0.15) is 104 Å². The van der Waals surface area contributed by atoms with E-state index in [1.165, 1.54) is 58.3 Å². The summed E-state index contributed by atoms with van der Waals surface area (Å²) >= 11 is 0. The van der Waals surface area contributed by atoms with Crippen molar-refractivity contribution in [3.05, 3.63) is 0 Å². The fraction of sp³-hybridized carbons (Fsp3) is 1.00. The molecule has 0 amide bonds. The molecule has 0 aromatic carbocycles. The number of aliphatic hydroxyl groups excluding tert-OH is 1. The number of hydrogen-bond acceptors (Lipinski definition) is 4. The van der Waals surface area contributed by atoms with Crippen molar-refractivity contribution in [2.75, 3.05) is 0 Å². The van der Waals surface area contributed by atoms with Gasteiger partial charge in [-0.25, -0.2) is 8.42 Å². The molecule has 0 aliphatic heterocycles. The van der Waals surface area contributed by atoms with Crippen molar-refractivity contribution in [2.24, 2.45) is 0 Å². The first-order chi connectivity index (χ1) is 10.9. The van der Waals surface area contributed by atoms with Crippen LogP contribution in [0.4, 0.5) is 0 Å². The molecule has 0 aromatic rings. The van der Waals surface area contributed by atoms with Gasteiger partial charge in [-0.1, -0.05) is 77.6 Å². The molecule has 0 aromatic heterocycles. The van der Waals surface area contributed by atoms with E-state index in [4.69, 9.17) is 0 Å². The third kappa shape index (κ3) is 18.3. The van der Waals surface area contributed by atoms with E-state index in [-0.39, 0.29) is 57.5 Å². The zero-order valence-corrected chi connectivity index (χ0v) is 20.1. The first kappa shape index (κ1) is 27.7. The van der Waals surface area contributed by atoms with E-state index in [0.717, 1.165) is 19.3 Å². The maximum absolute atomic E-state index is 10.8. The van der Waals surface area contributed by atoms with Crippen molar-refractivity contribution in [3.8, 4) is 0 Å². The average molecular weight is 389 g/mol. The third-order valence-corrected chi connectivity index (χ3v) is 5.75. The van der Waals surface area contributed by atoms with Crippen molar-refractivity contribution in [1.29, 1.82) is 0 Å². The fourth-order valence-corrected chi connectivity index (χ4v) is 3.25. The molecule has 24 heavy (non-hydrogen) atoms. The molecule has 1 N–H and O–H groups in total. The van der Waals surface area contributed by atoms with E-state index in [9.17, 15) is 18.1 Å². The third-order valence-electron chi connectivity index (χ3n) is 4.53. The Morgan fingerprint density at radius 3 is 1.62 bits per heavy atom. The van der Waals surface area contributed by atoms with Crippen LogP contribution in [-0.2, 0) is 10.1 Å². The van der Waals surface area contributed by atoms with Crippen LogP contribution in [0.2, 0.25) is 0 Å². The largest absolute Gasteiger partial charge is 1.00 e. The van der Waals surface area contributed by atoms with Gasteiger partial charge >= 0.3 is 51.4 Å². The Bertz CT molecular complexity index is 360. The summed E-state index contributed by atoms with van der Waals surface area (Å²) < 4.78 is 32.3. The minimum absolute atomic E-state index is 0. The normalized spacial score (nSPS) is 14.2. The average Bonchev–Trinajstić information content (AvgIpc) is 2.48. The van der Waals surface area contributed by atoms with Crippen LogP contribution in [0.25, 0.3) is 0 Å². The zero-order chi connectivity index (χ0) is 17.6. The molecule has 0 spiro atoms. The van der Waals surface area contributed by atoms with E-state index in [1.54, 1.807) is 0 Å². The molecular weight excluding hydrogens is 351 g/mol. The SMILES string of the molecule is CCCCCCCCCCCC(O)CCCCC(C)S(=O)(=O)[O-].[K+]. The van der Waals surface area contributed by atoms with Gasteiger partial charge in [-0.2, -0.15) is 0 Å². The molecule has 0 bridgehead atoms. The summed E-state index contributed by atoms with van der Waals surface area (Å²) in [6, 6.07) is 0. The topological polar surface area (TPSA) is 77.4 Å². The molecule has 4 nitrogen and oxygen atoms in total. The fourth-order valence-electron chi connectivity index (χ4n) is 2.79. The van der Waals surface area contributed by atoms with Gasteiger partial charge < -0.3 is 9.66 Å². The van der Waals surface area contributed by atoms with Crippen LogP contribution in [0.3, 0.4) is 0 Å². The van der Waals surface area contributed by atoms with Gasteiger partial charge in [0.25, 0.3) is 0 Å². The van der Waals surface area contributed by atoms with Gasteiger partial charge in [0, 0.05) is 5.25 Å². The predicted molar refractivity (Wildman–Crippen MR) is 95.5 cm³/mol. The van der Waals surface area contributed by atoms with Crippen molar-refractivity contribution in [3.63, 3.8) is 0 Å². The van der Waals surface area contributed by atoms with E-state index in [1.807, 2.05) is 0 Å². The Kier molecular flexibility index (Phi) is 20.7. The Morgan fingerprint density at radius 1 is 0.792 bits per heavy atom.